The van der Waals surface area contributed by atoms with E-state index in [0.29, 0.717) is 18.9 Å². The van der Waals surface area contributed by atoms with Gasteiger partial charge in [-0.25, -0.2) is 15.7 Å². The van der Waals surface area contributed by atoms with Crippen molar-refractivity contribution in [1.82, 2.24) is 9.55 Å². The summed E-state index contributed by atoms with van der Waals surface area (Å²) in [4.78, 5) is 20.7. The van der Waals surface area contributed by atoms with Crippen LogP contribution in [0.2, 0.25) is 0 Å². The lowest BCUT2D eigenvalue weighted by molar-refractivity contribution is -0.157. The summed E-state index contributed by atoms with van der Waals surface area (Å²) in [6.45, 7) is 2.97. The first-order valence-corrected chi connectivity index (χ1v) is 8.91. The summed E-state index contributed by atoms with van der Waals surface area (Å²) in [6.07, 6.45) is 14.9. The van der Waals surface area contributed by atoms with Crippen LogP contribution in [-0.2, 0) is 20.9 Å². The molecular weight excluding hydrogens is 306 g/mol. The van der Waals surface area contributed by atoms with Crippen LogP contribution in [0.15, 0.2) is 30.4 Å². The number of ether oxygens (including phenoxy) is 1. The van der Waals surface area contributed by atoms with Gasteiger partial charge in [0.15, 0.2) is 6.10 Å². The second-order valence-corrected chi connectivity index (χ2v) is 6.30. The van der Waals surface area contributed by atoms with Gasteiger partial charge in [-0.2, -0.15) is 0 Å². The molecule has 2 N–H and O–H groups in total. The number of aromatic nitrogens is 2. The van der Waals surface area contributed by atoms with Crippen LogP contribution in [-0.4, -0.2) is 28.2 Å². The van der Waals surface area contributed by atoms with Gasteiger partial charge in [0.1, 0.15) is 0 Å². The summed E-state index contributed by atoms with van der Waals surface area (Å²) in [7, 11) is 0. The Kier molecular flexibility index (Phi) is 7.98. The van der Waals surface area contributed by atoms with Crippen LogP contribution in [0.5, 0.6) is 0 Å². The van der Waals surface area contributed by atoms with Crippen LogP contribution in [0.3, 0.4) is 0 Å². The fourth-order valence-corrected chi connectivity index (χ4v) is 3.32. The minimum absolute atomic E-state index is 0.336. The van der Waals surface area contributed by atoms with Crippen molar-refractivity contribution in [3.05, 3.63) is 30.4 Å². The molecule has 0 amide bonds. The van der Waals surface area contributed by atoms with Crippen LogP contribution in [0.25, 0.3) is 0 Å². The Labute approximate surface area is 144 Å². The highest BCUT2D eigenvalue weighted by Gasteiger charge is 2.21. The maximum Gasteiger partial charge on any atom is 0.337 e. The molecule has 1 aliphatic rings. The molecule has 0 bridgehead atoms. The van der Waals surface area contributed by atoms with Gasteiger partial charge in [-0.15, -0.1) is 0 Å². The Morgan fingerprint density at radius 3 is 2.83 bits per heavy atom. The van der Waals surface area contributed by atoms with Crippen molar-refractivity contribution in [2.24, 2.45) is 11.8 Å². The Morgan fingerprint density at radius 2 is 2.21 bits per heavy atom. The van der Waals surface area contributed by atoms with Crippen LogP contribution < -0.4 is 5.90 Å². The average molecular weight is 335 g/mol. The number of hydrogen-bond acceptors (Lipinski definition) is 5. The third-order valence-electron chi connectivity index (χ3n) is 4.60. The highest BCUT2D eigenvalue weighted by Crippen LogP contribution is 2.31. The molecule has 6 nitrogen and oxygen atoms in total. The van der Waals surface area contributed by atoms with Crippen molar-refractivity contribution in [2.45, 2.75) is 64.5 Å². The second-order valence-electron chi connectivity index (χ2n) is 6.30. The maximum atomic E-state index is 11.7. The molecule has 0 radical (unpaired) electrons. The minimum atomic E-state index is -0.693. The molecule has 1 aromatic rings. The second kappa shape index (κ2) is 10.3. The van der Waals surface area contributed by atoms with Gasteiger partial charge in [-0.05, 0) is 38.5 Å². The van der Waals surface area contributed by atoms with Gasteiger partial charge >= 0.3 is 5.97 Å². The molecule has 0 spiro atoms. The summed E-state index contributed by atoms with van der Waals surface area (Å²) in [5.74, 6) is 5.48. The molecule has 0 aromatic carbocycles. The van der Waals surface area contributed by atoms with Gasteiger partial charge in [-0.3, -0.25) is 4.84 Å². The van der Waals surface area contributed by atoms with Gasteiger partial charge in [0.05, 0.1) is 12.9 Å². The van der Waals surface area contributed by atoms with Crippen molar-refractivity contribution in [2.75, 3.05) is 6.61 Å². The minimum Gasteiger partial charge on any atom is -0.464 e. The molecule has 1 aliphatic carbocycles. The standard InChI is InChI=1S/C18H29N3O3/c1-2-23-18(22)17(24-19)10-6-9-16(13-21-12-11-20-14-21)15-7-4-3-5-8-15/h9,11-12,14-15,17H,2-8,10,13,19H2,1H3. The number of nitrogens with two attached hydrogens (primary N) is 1. The number of imidazole rings is 1. The molecule has 134 valence electrons. The number of carbonyl (C=O) groups is 1. The quantitative estimate of drug-likeness (QED) is 0.426. The smallest absolute Gasteiger partial charge is 0.337 e. The Morgan fingerprint density at radius 1 is 1.42 bits per heavy atom. The molecule has 24 heavy (non-hydrogen) atoms. The zero-order chi connectivity index (χ0) is 17.2. The van der Waals surface area contributed by atoms with E-state index in [0.717, 1.165) is 13.0 Å². The molecule has 6 heteroatoms. The number of allylic oxidation sites excluding steroid dienone is 2. The molecule has 1 atom stereocenters. The lowest BCUT2D eigenvalue weighted by Crippen LogP contribution is -2.29. The van der Waals surface area contributed by atoms with Crippen LogP contribution >= 0.6 is 0 Å². The van der Waals surface area contributed by atoms with Crippen molar-refractivity contribution in [3.63, 3.8) is 0 Å². The summed E-state index contributed by atoms with van der Waals surface area (Å²) < 4.78 is 7.08. The van der Waals surface area contributed by atoms with E-state index in [1.54, 1.807) is 13.1 Å². The van der Waals surface area contributed by atoms with Crippen LogP contribution in [0.1, 0.15) is 51.9 Å². The van der Waals surface area contributed by atoms with E-state index in [1.807, 2.05) is 12.5 Å². The normalized spacial score (nSPS) is 17.7. The third kappa shape index (κ3) is 5.76. The van der Waals surface area contributed by atoms with Crippen molar-refractivity contribution >= 4 is 5.97 Å². The van der Waals surface area contributed by atoms with E-state index in [1.165, 1.54) is 37.7 Å². The van der Waals surface area contributed by atoms with Crippen molar-refractivity contribution in [3.8, 4) is 0 Å². The first kappa shape index (κ1) is 18.7. The summed E-state index contributed by atoms with van der Waals surface area (Å²) in [5, 5.41) is 0. The fourth-order valence-electron chi connectivity index (χ4n) is 3.32. The predicted molar refractivity (Wildman–Crippen MR) is 91.8 cm³/mol. The summed E-state index contributed by atoms with van der Waals surface area (Å²) in [5.41, 5.74) is 1.42. The highest BCUT2D eigenvalue weighted by atomic mass is 16.6. The van der Waals surface area contributed by atoms with E-state index in [9.17, 15) is 4.79 Å². The van der Waals surface area contributed by atoms with Gasteiger partial charge in [0.2, 0.25) is 0 Å². The van der Waals surface area contributed by atoms with Gasteiger partial charge in [0.25, 0.3) is 0 Å². The van der Waals surface area contributed by atoms with Gasteiger partial charge in [0, 0.05) is 18.9 Å². The molecule has 0 saturated heterocycles. The largest absolute Gasteiger partial charge is 0.464 e. The monoisotopic (exact) mass is 335 g/mol. The van der Waals surface area contributed by atoms with Crippen molar-refractivity contribution in [1.29, 1.82) is 0 Å². The average Bonchev–Trinajstić information content (AvgIpc) is 3.11. The molecule has 2 rings (SSSR count). The maximum absolute atomic E-state index is 11.7. The van der Waals surface area contributed by atoms with Crippen LogP contribution in [0.4, 0.5) is 0 Å². The zero-order valence-electron chi connectivity index (χ0n) is 14.5. The number of nitrogens with zero attached hydrogens (tertiary/aromatic N) is 2. The van der Waals surface area contributed by atoms with Gasteiger partial charge in [-0.1, -0.05) is 30.9 Å². The zero-order valence-corrected chi connectivity index (χ0v) is 14.5. The molecule has 1 unspecified atom stereocenters. The predicted octanol–water partition coefficient (Wildman–Crippen LogP) is 2.99. The Hall–Kier alpha value is -1.66. The summed E-state index contributed by atoms with van der Waals surface area (Å²) >= 11 is 0. The van der Waals surface area contributed by atoms with E-state index in [2.05, 4.69) is 15.6 Å². The lowest BCUT2D eigenvalue weighted by Gasteiger charge is -2.25. The first-order chi connectivity index (χ1) is 11.7. The third-order valence-corrected chi connectivity index (χ3v) is 4.60. The highest BCUT2D eigenvalue weighted by molar-refractivity contribution is 5.74. The van der Waals surface area contributed by atoms with Crippen molar-refractivity contribution < 1.29 is 14.4 Å². The number of carbonyl (C=O) groups excluding carboxylic acids is 1. The fraction of sp³-hybridized carbons (Fsp3) is 0.667. The van der Waals surface area contributed by atoms with E-state index in [4.69, 9.17) is 15.5 Å². The molecule has 1 fully saturated rings. The number of hydrogen-bond donors (Lipinski definition) is 1. The topological polar surface area (TPSA) is 79.4 Å². The molecule has 0 aliphatic heterocycles. The Bertz CT molecular complexity index is 508. The lowest BCUT2D eigenvalue weighted by atomic mass is 9.83. The SMILES string of the molecule is CCOC(=O)C(CCC=C(Cn1ccnc1)C1CCCCC1)ON. The van der Waals surface area contributed by atoms with E-state index >= 15 is 0 Å². The van der Waals surface area contributed by atoms with E-state index < -0.39 is 6.10 Å². The molecule has 1 heterocycles. The van der Waals surface area contributed by atoms with E-state index in [-0.39, 0.29) is 5.97 Å². The number of rotatable bonds is 9. The van der Waals surface area contributed by atoms with Crippen LogP contribution in [0, 0.1) is 5.92 Å². The summed E-state index contributed by atoms with van der Waals surface area (Å²) in [6, 6.07) is 0. The molecular formula is C18H29N3O3. The number of esters is 1. The molecule has 1 saturated carbocycles. The Balaban J connectivity index is 1.96. The van der Waals surface area contributed by atoms with Gasteiger partial charge < -0.3 is 9.30 Å². The molecule has 1 aromatic heterocycles. The first-order valence-electron chi connectivity index (χ1n) is 8.91.